The smallest absolute Gasteiger partial charge is 0.264 e. The Bertz CT molecular complexity index is 822. The fourth-order valence-electron chi connectivity index (χ4n) is 3.56. The Labute approximate surface area is 157 Å². The van der Waals surface area contributed by atoms with E-state index in [1.165, 1.54) is 0 Å². The third-order valence-electron chi connectivity index (χ3n) is 5.15. The maximum atomic E-state index is 12.6. The zero-order valence-corrected chi connectivity index (χ0v) is 15.4. The minimum atomic E-state index is -0.961. The van der Waals surface area contributed by atoms with Gasteiger partial charge in [-0.1, -0.05) is 31.9 Å². The number of amides is 2. The number of nitrogens with zero attached hydrogens (tertiary/aromatic N) is 4. The largest absolute Gasteiger partial charge is 0.285 e. The molecule has 1 aromatic carbocycles. The van der Waals surface area contributed by atoms with Crippen LogP contribution in [0.1, 0.15) is 38.2 Å². The summed E-state index contributed by atoms with van der Waals surface area (Å²) >= 11 is 0. The molecular formula is C18H24N6O3. The van der Waals surface area contributed by atoms with E-state index in [-0.39, 0.29) is 18.3 Å². The molecule has 1 atom stereocenters. The second-order valence-electron chi connectivity index (χ2n) is 7.14. The molecule has 1 aliphatic rings. The second kappa shape index (κ2) is 8.26. The summed E-state index contributed by atoms with van der Waals surface area (Å²) in [5.74, 6) is 0.109. The van der Waals surface area contributed by atoms with E-state index >= 15 is 0 Å². The fourth-order valence-corrected chi connectivity index (χ4v) is 3.56. The van der Waals surface area contributed by atoms with Crippen molar-refractivity contribution in [1.82, 2.24) is 25.7 Å². The van der Waals surface area contributed by atoms with Gasteiger partial charge in [-0.2, -0.15) is 0 Å². The molecule has 144 valence electrons. The number of nitrogens with one attached hydrogen (secondary N) is 2. The van der Waals surface area contributed by atoms with Crippen molar-refractivity contribution in [3.63, 3.8) is 0 Å². The molecule has 2 amide bonds. The predicted molar refractivity (Wildman–Crippen MR) is 98.4 cm³/mol. The number of carbonyl (C=O) groups is 2. The molecule has 1 aromatic heterocycles. The van der Waals surface area contributed by atoms with Crippen molar-refractivity contribution in [3.8, 4) is 0 Å². The van der Waals surface area contributed by atoms with Crippen LogP contribution in [-0.4, -0.2) is 43.8 Å². The van der Waals surface area contributed by atoms with Crippen molar-refractivity contribution in [3.05, 3.63) is 23.8 Å². The van der Waals surface area contributed by atoms with Crippen LogP contribution in [0, 0.1) is 18.8 Å². The molecule has 1 fully saturated rings. The molecule has 0 bridgehead atoms. The number of rotatable bonds is 6. The number of benzene rings is 1. The van der Waals surface area contributed by atoms with E-state index in [1.807, 2.05) is 19.1 Å². The van der Waals surface area contributed by atoms with Crippen LogP contribution in [0.25, 0.3) is 11.0 Å². The van der Waals surface area contributed by atoms with Crippen molar-refractivity contribution < 1.29 is 14.8 Å². The van der Waals surface area contributed by atoms with Gasteiger partial charge in [-0.05, 0) is 43.2 Å². The number of carbonyl (C=O) groups excluding carboxylic acids is 2. The van der Waals surface area contributed by atoms with Gasteiger partial charge >= 0.3 is 0 Å². The summed E-state index contributed by atoms with van der Waals surface area (Å²) in [5.41, 5.74) is 7.40. The normalized spacial score (nSPS) is 20.7. The van der Waals surface area contributed by atoms with Crippen molar-refractivity contribution in [2.45, 2.75) is 45.6 Å². The minimum Gasteiger partial charge on any atom is -0.285 e. The maximum Gasteiger partial charge on any atom is 0.264 e. The van der Waals surface area contributed by atoms with Crippen molar-refractivity contribution in [1.29, 1.82) is 0 Å². The first-order valence-electron chi connectivity index (χ1n) is 9.08. The molecule has 0 aliphatic heterocycles. The second-order valence-corrected chi connectivity index (χ2v) is 7.14. The summed E-state index contributed by atoms with van der Waals surface area (Å²) in [6, 6.07) is 4.62. The zero-order valence-electron chi connectivity index (χ0n) is 15.4. The van der Waals surface area contributed by atoms with Gasteiger partial charge in [0.1, 0.15) is 11.6 Å². The molecule has 0 saturated heterocycles. The molecule has 1 saturated carbocycles. The molecule has 1 unspecified atom stereocenters. The molecule has 9 heteroatoms. The molecule has 1 aliphatic carbocycles. The van der Waals surface area contributed by atoms with Gasteiger partial charge in [0.15, 0.2) is 0 Å². The Balaban J connectivity index is 1.70. The Morgan fingerprint density at radius 2 is 2.04 bits per heavy atom. The topological polar surface area (TPSA) is 120 Å². The lowest BCUT2D eigenvalue weighted by atomic mass is 9.79. The summed E-state index contributed by atoms with van der Waals surface area (Å²) in [5, 5.41) is 18.4. The maximum absolute atomic E-state index is 12.6. The van der Waals surface area contributed by atoms with Gasteiger partial charge < -0.3 is 0 Å². The molecule has 0 spiro atoms. The molecular weight excluding hydrogens is 348 g/mol. The first-order valence-corrected chi connectivity index (χ1v) is 9.08. The number of aromatic nitrogens is 3. The van der Waals surface area contributed by atoms with Crippen LogP contribution < -0.4 is 10.9 Å². The van der Waals surface area contributed by atoms with Crippen LogP contribution in [0.5, 0.6) is 0 Å². The number of hydrazine groups is 1. The van der Waals surface area contributed by atoms with E-state index in [0.29, 0.717) is 22.0 Å². The number of anilines is 1. The number of para-hydroxylation sites is 1. The third-order valence-corrected chi connectivity index (χ3v) is 5.15. The minimum absolute atomic E-state index is 0.101. The van der Waals surface area contributed by atoms with Crippen LogP contribution in [0.4, 0.5) is 5.95 Å². The number of hydrogen-bond donors (Lipinski definition) is 3. The van der Waals surface area contributed by atoms with E-state index in [1.54, 1.807) is 6.07 Å². The summed E-state index contributed by atoms with van der Waals surface area (Å²) in [6.45, 7) is 4.07. The SMILES string of the molecule is Cc1cccc2nnc(NNC(=O)C(C3CCC(C)CC3)N(O)C=O)nc12. The number of aryl methyl sites for hydroxylation is 1. The molecule has 27 heavy (non-hydrogen) atoms. The van der Waals surface area contributed by atoms with E-state index in [0.717, 1.165) is 31.2 Å². The highest BCUT2D eigenvalue weighted by molar-refractivity contribution is 5.84. The number of fused-ring (bicyclic) bond motifs is 1. The lowest BCUT2D eigenvalue weighted by Gasteiger charge is -2.34. The Morgan fingerprint density at radius 1 is 1.30 bits per heavy atom. The Hall–Kier alpha value is -2.81. The van der Waals surface area contributed by atoms with Gasteiger partial charge in [-0.3, -0.25) is 25.6 Å². The van der Waals surface area contributed by atoms with Gasteiger partial charge in [0.2, 0.25) is 6.41 Å². The quantitative estimate of drug-likeness (QED) is 0.402. The Kier molecular flexibility index (Phi) is 5.80. The van der Waals surface area contributed by atoms with Crippen molar-refractivity contribution >= 4 is 29.3 Å². The summed E-state index contributed by atoms with van der Waals surface area (Å²) in [4.78, 5) is 28.0. The van der Waals surface area contributed by atoms with Crippen LogP contribution >= 0.6 is 0 Å². The van der Waals surface area contributed by atoms with Gasteiger partial charge in [0.05, 0.1) is 5.52 Å². The van der Waals surface area contributed by atoms with E-state index in [9.17, 15) is 14.8 Å². The Morgan fingerprint density at radius 3 is 2.74 bits per heavy atom. The summed E-state index contributed by atoms with van der Waals surface area (Å²) < 4.78 is 0. The average molecular weight is 372 g/mol. The van der Waals surface area contributed by atoms with Gasteiger partial charge in [0.25, 0.3) is 11.9 Å². The third kappa shape index (κ3) is 4.30. The fraction of sp³-hybridized carbons (Fsp3) is 0.500. The van der Waals surface area contributed by atoms with E-state index in [2.05, 4.69) is 33.0 Å². The lowest BCUT2D eigenvalue weighted by molar-refractivity contribution is -0.173. The molecule has 3 rings (SSSR count). The van der Waals surface area contributed by atoms with Gasteiger partial charge in [-0.15, -0.1) is 10.2 Å². The molecule has 9 nitrogen and oxygen atoms in total. The molecule has 0 radical (unpaired) electrons. The molecule has 3 N–H and O–H groups in total. The standard InChI is InChI=1S/C18H24N6O3/c1-11-6-8-13(9-7-11)16(24(27)10-25)17(26)21-23-18-19-15-12(2)4-3-5-14(15)20-22-18/h3-5,10-11,13,16,27H,6-9H2,1-2H3,(H,21,26)(H,19,22,23). The molecule has 1 heterocycles. The monoisotopic (exact) mass is 372 g/mol. The number of hydrogen-bond acceptors (Lipinski definition) is 7. The average Bonchev–Trinajstić information content (AvgIpc) is 2.68. The van der Waals surface area contributed by atoms with E-state index < -0.39 is 11.9 Å². The van der Waals surface area contributed by atoms with Crippen LogP contribution in [0.3, 0.4) is 0 Å². The predicted octanol–water partition coefficient (Wildman–Crippen LogP) is 1.82. The van der Waals surface area contributed by atoms with Crippen molar-refractivity contribution in [2.24, 2.45) is 11.8 Å². The van der Waals surface area contributed by atoms with Gasteiger partial charge in [-0.25, -0.2) is 10.0 Å². The van der Waals surface area contributed by atoms with E-state index in [4.69, 9.17) is 0 Å². The highest BCUT2D eigenvalue weighted by Crippen LogP contribution is 2.32. The first-order chi connectivity index (χ1) is 13.0. The van der Waals surface area contributed by atoms with Crippen LogP contribution in [0.2, 0.25) is 0 Å². The summed E-state index contributed by atoms with van der Waals surface area (Å²) in [6.07, 6.45) is 3.74. The highest BCUT2D eigenvalue weighted by atomic mass is 16.5. The number of hydroxylamine groups is 2. The van der Waals surface area contributed by atoms with Crippen LogP contribution in [0.15, 0.2) is 18.2 Å². The van der Waals surface area contributed by atoms with Crippen LogP contribution in [-0.2, 0) is 9.59 Å². The zero-order chi connectivity index (χ0) is 19.4. The lowest BCUT2D eigenvalue weighted by Crippen LogP contribution is -2.51. The highest BCUT2D eigenvalue weighted by Gasteiger charge is 2.35. The summed E-state index contributed by atoms with van der Waals surface area (Å²) in [7, 11) is 0. The molecule has 2 aromatic rings. The van der Waals surface area contributed by atoms with Crippen molar-refractivity contribution in [2.75, 3.05) is 5.43 Å². The first kappa shape index (κ1) is 19.0. The van der Waals surface area contributed by atoms with Gasteiger partial charge in [0, 0.05) is 0 Å².